The fourth-order valence-corrected chi connectivity index (χ4v) is 2.08. The van der Waals surface area contributed by atoms with Crippen LogP contribution in [0.4, 0.5) is 0 Å². The monoisotopic (exact) mass is 259 g/mol. The number of nitrogens with one attached hydrogen (secondary N) is 1. The van der Waals surface area contributed by atoms with Gasteiger partial charge in [-0.25, -0.2) is 4.68 Å². The van der Waals surface area contributed by atoms with Gasteiger partial charge in [0.15, 0.2) is 6.23 Å². The maximum Gasteiger partial charge on any atom is 0.269 e. The molecule has 98 valence electrons. The third kappa shape index (κ3) is 1.96. The molecule has 2 heterocycles. The van der Waals surface area contributed by atoms with Crippen molar-refractivity contribution in [1.82, 2.24) is 15.1 Å². The van der Waals surface area contributed by atoms with Gasteiger partial charge in [0.05, 0.1) is 19.3 Å². The van der Waals surface area contributed by atoms with Crippen molar-refractivity contribution in [3.63, 3.8) is 0 Å². The van der Waals surface area contributed by atoms with Gasteiger partial charge in [-0.2, -0.15) is 5.10 Å². The van der Waals surface area contributed by atoms with Crippen LogP contribution in [0.2, 0.25) is 0 Å². The number of hydrogen-bond donors (Lipinski definition) is 2. The number of carbonyl (C=O) groups is 1. The van der Waals surface area contributed by atoms with Gasteiger partial charge in [-0.1, -0.05) is 12.1 Å². The van der Waals surface area contributed by atoms with Crippen LogP contribution in [-0.4, -0.2) is 34.4 Å². The number of aliphatic hydroxyl groups excluding tert-OH is 1. The lowest BCUT2D eigenvalue weighted by molar-refractivity contribution is 0.0594. The first-order valence-electron chi connectivity index (χ1n) is 5.89. The van der Waals surface area contributed by atoms with Crippen molar-refractivity contribution in [2.24, 2.45) is 0 Å². The predicted octanol–water partition coefficient (Wildman–Crippen LogP) is 0.793. The summed E-state index contributed by atoms with van der Waals surface area (Å²) in [5, 5.41) is 16.7. The lowest BCUT2D eigenvalue weighted by Gasteiger charge is -2.19. The lowest BCUT2D eigenvalue weighted by Crippen LogP contribution is -2.39. The second-order valence-electron chi connectivity index (χ2n) is 4.28. The highest BCUT2D eigenvalue weighted by Crippen LogP contribution is 2.25. The Balaban J connectivity index is 2.07. The van der Waals surface area contributed by atoms with E-state index < -0.39 is 6.23 Å². The summed E-state index contributed by atoms with van der Waals surface area (Å²) in [6.45, 7) is 0.172. The molecule has 3 rings (SSSR count). The van der Waals surface area contributed by atoms with E-state index in [4.69, 9.17) is 4.74 Å². The minimum atomic E-state index is -0.827. The predicted molar refractivity (Wildman–Crippen MR) is 67.8 cm³/mol. The highest BCUT2D eigenvalue weighted by molar-refractivity contribution is 5.94. The van der Waals surface area contributed by atoms with E-state index in [0.717, 1.165) is 5.56 Å². The molecule has 0 saturated carbocycles. The number of ether oxygens (including phenoxy) is 1. The number of β-amino-alcohol motifs (C(OH)–C–C–N with tert-alkyl or cyclic N) is 1. The number of nitrogens with zero attached hydrogens (tertiary/aromatic N) is 2. The van der Waals surface area contributed by atoms with Gasteiger partial charge in [0.2, 0.25) is 0 Å². The number of carbonyl (C=O) groups excluding carboxylic acids is 1. The molecule has 2 aromatic rings. The number of rotatable bonds is 2. The van der Waals surface area contributed by atoms with E-state index in [1.165, 1.54) is 4.68 Å². The second kappa shape index (κ2) is 4.40. The summed E-state index contributed by atoms with van der Waals surface area (Å²) in [4.78, 5) is 11.7. The Morgan fingerprint density at radius 1 is 1.47 bits per heavy atom. The summed E-state index contributed by atoms with van der Waals surface area (Å²) in [5.41, 5.74) is 1.82. The van der Waals surface area contributed by atoms with E-state index in [2.05, 4.69) is 10.4 Å². The molecule has 2 N–H and O–H groups in total. The SMILES string of the molecule is COc1cccc(-c2cc3n(n2)C(O)CNC3=O)c1. The molecule has 1 amide bonds. The number of benzene rings is 1. The Morgan fingerprint density at radius 2 is 2.32 bits per heavy atom. The van der Waals surface area contributed by atoms with Crippen LogP contribution in [0.1, 0.15) is 16.7 Å². The van der Waals surface area contributed by atoms with Crippen LogP contribution in [0.3, 0.4) is 0 Å². The van der Waals surface area contributed by atoms with E-state index in [-0.39, 0.29) is 12.5 Å². The fraction of sp³-hybridized carbons (Fsp3) is 0.231. The smallest absolute Gasteiger partial charge is 0.269 e. The molecule has 1 aromatic heterocycles. The van der Waals surface area contributed by atoms with Crippen LogP contribution in [0.15, 0.2) is 30.3 Å². The van der Waals surface area contributed by atoms with Gasteiger partial charge in [0, 0.05) is 5.56 Å². The zero-order valence-electron chi connectivity index (χ0n) is 10.3. The first kappa shape index (κ1) is 11.7. The maximum absolute atomic E-state index is 11.7. The minimum absolute atomic E-state index is 0.172. The largest absolute Gasteiger partial charge is 0.497 e. The minimum Gasteiger partial charge on any atom is -0.497 e. The maximum atomic E-state index is 11.7. The van der Waals surface area contributed by atoms with E-state index in [0.29, 0.717) is 17.1 Å². The molecule has 1 unspecified atom stereocenters. The van der Waals surface area contributed by atoms with Gasteiger partial charge < -0.3 is 15.2 Å². The van der Waals surface area contributed by atoms with E-state index in [1.807, 2.05) is 24.3 Å². The van der Waals surface area contributed by atoms with Gasteiger partial charge >= 0.3 is 0 Å². The Labute approximate surface area is 109 Å². The molecular weight excluding hydrogens is 246 g/mol. The van der Waals surface area contributed by atoms with Crippen LogP contribution in [0, 0.1) is 0 Å². The van der Waals surface area contributed by atoms with Crippen LogP contribution in [-0.2, 0) is 0 Å². The van der Waals surface area contributed by atoms with Crippen molar-refractivity contribution >= 4 is 5.91 Å². The van der Waals surface area contributed by atoms with Gasteiger partial charge in [-0.3, -0.25) is 4.79 Å². The van der Waals surface area contributed by atoms with E-state index >= 15 is 0 Å². The summed E-state index contributed by atoms with van der Waals surface area (Å²) in [5.74, 6) is 0.486. The number of hydrogen-bond acceptors (Lipinski definition) is 4. The van der Waals surface area contributed by atoms with Crippen molar-refractivity contribution in [3.05, 3.63) is 36.0 Å². The molecule has 1 aromatic carbocycles. The highest BCUT2D eigenvalue weighted by Gasteiger charge is 2.25. The van der Waals surface area contributed by atoms with Crippen molar-refractivity contribution < 1.29 is 14.6 Å². The molecule has 0 spiro atoms. The summed E-state index contributed by atoms with van der Waals surface area (Å²) < 4.78 is 6.50. The van der Waals surface area contributed by atoms with Crippen molar-refractivity contribution in [2.75, 3.05) is 13.7 Å². The van der Waals surface area contributed by atoms with Gasteiger partial charge in [-0.15, -0.1) is 0 Å². The molecule has 6 heteroatoms. The Morgan fingerprint density at radius 3 is 3.05 bits per heavy atom. The Bertz CT molecular complexity index is 636. The number of fused-ring (bicyclic) bond motifs is 1. The average Bonchev–Trinajstić information content (AvgIpc) is 2.89. The van der Waals surface area contributed by atoms with Crippen molar-refractivity contribution in [2.45, 2.75) is 6.23 Å². The molecule has 19 heavy (non-hydrogen) atoms. The van der Waals surface area contributed by atoms with Crippen LogP contribution in [0.5, 0.6) is 5.75 Å². The fourth-order valence-electron chi connectivity index (χ4n) is 2.08. The molecule has 0 bridgehead atoms. The molecule has 1 aliphatic rings. The first-order valence-corrected chi connectivity index (χ1v) is 5.89. The van der Waals surface area contributed by atoms with Gasteiger partial charge in [0.25, 0.3) is 5.91 Å². The molecule has 6 nitrogen and oxygen atoms in total. The summed E-state index contributed by atoms with van der Waals surface area (Å²) in [6.07, 6.45) is -0.827. The highest BCUT2D eigenvalue weighted by atomic mass is 16.5. The van der Waals surface area contributed by atoms with E-state index in [9.17, 15) is 9.90 Å². The molecule has 0 radical (unpaired) electrons. The number of amides is 1. The lowest BCUT2D eigenvalue weighted by atomic mass is 10.1. The normalized spacial score (nSPS) is 17.8. The topological polar surface area (TPSA) is 76.4 Å². The number of aromatic nitrogens is 2. The quantitative estimate of drug-likeness (QED) is 0.836. The van der Waals surface area contributed by atoms with Crippen LogP contribution >= 0.6 is 0 Å². The Hall–Kier alpha value is -2.34. The van der Waals surface area contributed by atoms with E-state index in [1.54, 1.807) is 13.2 Å². The zero-order chi connectivity index (χ0) is 13.4. The molecular formula is C13H13N3O3. The third-order valence-electron chi connectivity index (χ3n) is 3.06. The third-order valence-corrected chi connectivity index (χ3v) is 3.06. The first-order chi connectivity index (χ1) is 9.19. The van der Waals surface area contributed by atoms with Gasteiger partial charge in [0.1, 0.15) is 11.4 Å². The average molecular weight is 259 g/mol. The zero-order valence-corrected chi connectivity index (χ0v) is 10.3. The molecule has 1 atom stereocenters. The second-order valence-corrected chi connectivity index (χ2v) is 4.28. The summed E-state index contributed by atoms with van der Waals surface area (Å²) in [6, 6.07) is 9.05. The number of aliphatic hydroxyl groups is 1. The molecule has 0 aliphatic carbocycles. The van der Waals surface area contributed by atoms with Gasteiger partial charge in [-0.05, 0) is 18.2 Å². The standard InChI is InChI=1S/C13H13N3O3/c1-19-9-4-2-3-8(5-9)10-6-11-13(18)14-7-12(17)16(11)15-10/h2-6,12,17H,7H2,1H3,(H,14,18). The van der Waals surface area contributed by atoms with Crippen molar-refractivity contribution in [1.29, 1.82) is 0 Å². The summed E-state index contributed by atoms with van der Waals surface area (Å²) >= 11 is 0. The van der Waals surface area contributed by atoms with Crippen molar-refractivity contribution in [3.8, 4) is 17.0 Å². The molecule has 0 fully saturated rings. The summed E-state index contributed by atoms with van der Waals surface area (Å²) in [7, 11) is 1.59. The molecule has 0 saturated heterocycles. The number of methoxy groups -OCH3 is 1. The van der Waals surface area contributed by atoms with Crippen LogP contribution < -0.4 is 10.1 Å². The Kier molecular flexibility index (Phi) is 2.72. The molecule has 1 aliphatic heterocycles. The van der Waals surface area contributed by atoms with Crippen LogP contribution in [0.25, 0.3) is 11.3 Å².